The van der Waals surface area contributed by atoms with Crippen molar-refractivity contribution in [2.24, 2.45) is 0 Å². The molecule has 1 atom stereocenters. The molecular formula is C23H28N4O2. The van der Waals surface area contributed by atoms with Crippen LogP contribution in [0.25, 0.3) is 0 Å². The van der Waals surface area contributed by atoms with Crippen molar-refractivity contribution in [3.05, 3.63) is 59.7 Å². The summed E-state index contributed by atoms with van der Waals surface area (Å²) in [6, 6.07) is 16.9. The van der Waals surface area contributed by atoms with E-state index in [2.05, 4.69) is 62.9 Å². The van der Waals surface area contributed by atoms with Crippen molar-refractivity contribution in [2.75, 3.05) is 37.0 Å². The van der Waals surface area contributed by atoms with Crippen LogP contribution in [0.4, 0.5) is 11.4 Å². The van der Waals surface area contributed by atoms with Gasteiger partial charge in [0.25, 0.3) is 0 Å². The maximum absolute atomic E-state index is 12.3. The number of hydrogen-bond donors (Lipinski definition) is 2. The fourth-order valence-electron chi connectivity index (χ4n) is 3.84. The molecule has 1 saturated carbocycles. The number of amides is 2. The fourth-order valence-corrected chi connectivity index (χ4v) is 3.84. The van der Waals surface area contributed by atoms with Crippen LogP contribution in [0.3, 0.4) is 0 Å². The van der Waals surface area contributed by atoms with Gasteiger partial charge in [0.2, 0.25) is 0 Å². The lowest BCUT2D eigenvalue weighted by molar-refractivity contribution is -0.139. The first-order valence-electron chi connectivity index (χ1n) is 10.2. The van der Waals surface area contributed by atoms with Gasteiger partial charge in [0, 0.05) is 44.6 Å². The van der Waals surface area contributed by atoms with E-state index in [4.69, 9.17) is 0 Å². The number of anilines is 2. The van der Waals surface area contributed by atoms with E-state index in [-0.39, 0.29) is 12.1 Å². The van der Waals surface area contributed by atoms with Crippen LogP contribution in [0.5, 0.6) is 0 Å². The zero-order chi connectivity index (χ0) is 20.4. The van der Waals surface area contributed by atoms with E-state index < -0.39 is 11.8 Å². The van der Waals surface area contributed by atoms with E-state index in [1.165, 1.54) is 11.3 Å². The van der Waals surface area contributed by atoms with Crippen molar-refractivity contribution in [3.63, 3.8) is 0 Å². The fraction of sp³-hybridized carbons (Fsp3) is 0.391. The molecule has 0 unspecified atom stereocenters. The van der Waals surface area contributed by atoms with Crippen molar-refractivity contribution in [2.45, 2.75) is 31.3 Å². The van der Waals surface area contributed by atoms with Crippen LogP contribution in [0.1, 0.15) is 30.0 Å². The number of hydrogen-bond acceptors (Lipinski definition) is 4. The average Bonchev–Trinajstić information content (AvgIpc) is 3.45. The normalized spacial score (nSPS) is 16.1. The van der Waals surface area contributed by atoms with Crippen molar-refractivity contribution in [3.8, 4) is 0 Å². The van der Waals surface area contributed by atoms with Crippen LogP contribution in [-0.2, 0) is 16.0 Å². The number of nitrogens with one attached hydrogen (secondary N) is 2. The Morgan fingerprint density at radius 3 is 2.48 bits per heavy atom. The largest absolute Gasteiger partial charge is 0.378 e. The van der Waals surface area contributed by atoms with Crippen molar-refractivity contribution in [1.29, 1.82) is 0 Å². The van der Waals surface area contributed by atoms with Crippen LogP contribution < -0.4 is 20.4 Å². The van der Waals surface area contributed by atoms with E-state index in [1.54, 1.807) is 0 Å². The third-order valence-corrected chi connectivity index (χ3v) is 5.67. The highest BCUT2D eigenvalue weighted by molar-refractivity contribution is 6.35. The summed E-state index contributed by atoms with van der Waals surface area (Å²) < 4.78 is 0. The zero-order valence-corrected chi connectivity index (χ0v) is 17.0. The molecule has 29 heavy (non-hydrogen) atoms. The molecule has 1 aliphatic carbocycles. The third kappa shape index (κ3) is 4.36. The van der Waals surface area contributed by atoms with E-state index in [0.717, 1.165) is 37.1 Å². The molecule has 0 radical (unpaired) electrons. The van der Waals surface area contributed by atoms with Gasteiger partial charge in [-0.15, -0.1) is 0 Å². The Morgan fingerprint density at radius 2 is 1.79 bits per heavy atom. The summed E-state index contributed by atoms with van der Waals surface area (Å²) in [6.07, 6.45) is 2.91. The molecule has 2 N–H and O–H groups in total. The second-order valence-corrected chi connectivity index (χ2v) is 8.03. The van der Waals surface area contributed by atoms with E-state index in [0.29, 0.717) is 6.54 Å². The number of para-hydroxylation sites is 1. The lowest BCUT2D eigenvalue weighted by atomic mass is 10.0. The van der Waals surface area contributed by atoms with E-state index >= 15 is 0 Å². The van der Waals surface area contributed by atoms with Gasteiger partial charge in [-0.1, -0.05) is 30.3 Å². The molecule has 6 heteroatoms. The van der Waals surface area contributed by atoms with Gasteiger partial charge >= 0.3 is 11.8 Å². The molecule has 152 valence electrons. The van der Waals surface area contributed by atoms with Crippen molar-refractivity contribution >= 4 is 23.2 Å². The van der Waals surface area contributed by atoms with Crippen LogP contribution in [0.15, 0.2) is 48.5 Å². The monoisotopic (exact) mass is 392 g/mol. The quantitative estimate of drug-likeness (QED) is 0.740. The number of benzene rings is 2. The first-order valence-corrected chi connectivity index (χ1v) is 10.2. The summed E-state index contributed by atoms with van der Waals surface area (Å²) in [5, 5.41) is 5.61. The predicted molar refractivity (Wildman–Crippen MR) is 115 cm³/mol. The highest BCUT2D eigenvalue weighted by Gasteiger charge is 2.30. The van der Waals surface area contributed by atoms with Gasteiger partial charge in [-0.05, 0) is 48.6 Å². The zero-order valence-electron chi connectivity index (χ0n) is 17.0. The first-order chi connectivity index (χ1) is 14.0. The lowest BCUT2D eigenvalue weighted by Gasteiger charge is -2.31. The molecule has 2 aromatic rings. The Bertz CT molecular complexity index is 890. The minimum atomic E-state index is -0.556. The van der Waals surface area contributed by atoms with Crippen LogP contribution in [-0.4, -0.2) is 45.0 Å². The predicted octanol–water partition coefficient (Wildman–Crippen LogP) is 2.25. The summed E-state index contributed by atoms with van der Waals surface area (Å²) in [5.41, 5.74) is 4.77. The van der Waals surface area contributed by atoms with Gasteiger partial charge in [-0.25, -0.2) is 0 Å². The Hall–Kier alpha value is -3.02. The highest BCUT2D eigenvalue weighted by atomic mass is 16.2. The first kappa shape index (κ1) is 19.3. The van der Waals surface area contributed by atoms with Gasteiger partial charge in [0.05, 0.1) is 6.04 Å². The molecule has 0 saturated heterocycles. The second kappa shape index (κ2) is 8.15. The van der Waals surface area contributed by atoms with Gasteiger partial charge in [-0.2, -0.15) is 0 Å². The maximum Gasteiger partial charge on any atom is 0.309 e. The summed E-state index contributed by atoms with van der Waals surface area (Å²) in [4.78, 5) is 28.7. The number of fused-ring (bicyclic) bond motifs is 1. The molecule has 0 spiro atoms. The molecule has 0 aromatic heterocycles. The second-order valence-electron chi connectivity index (χ2n) is 8.03. The van der Waals surface area contributed by atoms with Crippen LogP contribution in [0.2, 0.25) is 0 Å². The van der Waals surface area contributed by atoms with Crippen LogP contribution in [0, 0.1) is 0 Å². The van der Waals surface area contributed by atoms with Gasteiger partial charge < -0.3 is 20.4 Å². The SMILES string of the molecule is CN(C)c1ccc([C@@H](CNC(=O)C(=O)NC2CC2)N2CCc3ccccc32)cc1. The average molecular weight is 393 g/mol. The minimum absolute atomic E-state index is 0.0347. The number of rotatable bonds is 6. The molecule has 2 amide bonds. The van der Waals surface area contributed by atoms with Gasteiger partial charge in [0.1, 0.15) is 0 Å². The summed E-state index contributed by atoms with van der Waals surface area (Å²) in [6.45, 7) is 1.27. The van der Waals surface area contributed by atoms with Crippen molar-refractivity contribution in [1.82, 2.24) is 10.6 Å². The number of nitrogens with zero attached hydrogens (tertiary/aromatic N) is 2. The molecule has 4 rings (SSSR count). The molecule has 2 aromatic carbocycles. The Morgan fingerprint density at radius 1 is 1.07 bits per heavy atom. The highest BCUT2D eigenvalue weighted by Crippen LogP contribution is 2.35. The lowest BCUT2D eigenvalue weighted by Crippen LogP contribution is -2.44. The van der Waals surface area contributed by atoms with E-state index in [1.807, 2.05) is 20.2 Å². The minimum Gasteiger partial charge on any atom is -0.378 e. The third-order valence-electron chi connectivity index (χ3n) is 5.67. The topological polar surface area (TPSA) is 64.7 Å². The smallest absolute Gasteiger partial charge is 0.309 e. The van der Waals surface area contributed by atoms with Crippen LogP contribution >= 0.6 is 0 Å². The van der Waals surface area contributed by atoms with Gasteiger partial charge in [0.15, 0.2) is 0 Å². The van der Waals surface area contributed by atoms with Gasteiger partial charge in [-0.3, -0.25) is 9.59 Å². The Labute approximate surface area is 171 Å². The summed E-state index contributed by atoms with van der Waals surface area (Å²) >= 11 is 0. The van der Waals surface area contributed by atoms with E-state index in [9.17, 15) is 9.59 Å². The molecular weight excluding hydrogens is 364 g/mol. The Kier molecular flexibility index (Phi) is 5.43. The molecule has 1 fully saturated rings. The molecule has 6 nitrogen and oxygen atoms in total. The Balaban J connectivity index is 1.54. The molecule has 1 aliphatic heterocycles. The number of carbonyl (C=O) groups is 2. The summed E-state index contributed by atoms with van der Waals surface area (Å²) in [7, 11) is 4.03. The maximum atomic E-state index is 12.3. The molecule has 1 heterocycles. The number of carbonyl (C=O) groups excluding carboxylic acids is 2. The molecule has 2 aliphatic rings. The molecule has 0 bridgehead atoms. The van der Waals surface area contributed by atoms with Crippen molar-refractivity contribution < 1.29 is 9.59 Å². The summed E-state index contributed by atoms with van der Waals surface area (Å²) in [5.74, 6) is -1.09. The standard InChI is InChI=1S/C23H28N4O2/c1-26(2)19-11-7-17(8-12-19)21(15-24-22(28)23(29)25-18-9-10-18)27-14-13-16-5-3-4-6-20(16)27/h3-8,11-12,18,21H,9-10,13-15H2,1-2H3,(H,24,28)(H,25,29)/t21-/m1/s1.